The molecule has 126 valence electrons. The van der Waals surface area contributed by atoms with Gasteiger partial charge in [0.2, 0.25) is 0 Å². The zero-order valence-corrected chi connectivity index (χ0v) is 13.7. The monoisotopic (exact) mass is 327 g/mol. The van der Waals surface area contributed by atoms with E-state index in [0.717, 1.165) is 49.7 Å². The molecule has 0 spiro atoms. The van der Waals surface area contributed by atoms with Crippen LogP contribution in [0.2, 0.25) is 0 Å². The minimum atomic E-state index is -0.994. The van der Waals surface area contributed by atoms with E-state index in [2.05, 4.69) is 20.9 Å². The van der Waals surface area contributed by atoms with Crippen molar-refractivity contribution in [1.29, 1.82) is 0 Å². The highest BCUT2D eigenvalue weighted by molar-refractivity contribution is 5.85. The summed E-state index contributed by atoms with van der Waals surface area (Å²) in [6.07, 6.45) is 1.65. The molecule has 1 aromatic carbocycles. The first kappa shape index (κ1) is 16.3. The second kappa shape index (κ2) is 7.31. The number of carboxylic acid groups (broad SMARTS) is 1. The number of aromatic nitrogens is 1. The first-order chi connectivity index (χ1) is 11.7. The Morgan fingerprint density at radius 1 is 1.17 bits per heavy atom. The van der Waals surface area contributed by atoms with Crippen LogP contribution in [-0.4, -0.2) is 54.2 Å². The van der Waals surface area contributed by atoms with E-state index in [1.165, 1.54) is 0 Å². The molecule has 0 radical (unpaired) electrons. The summed E-state index contributed by atoms with van der Waals surface area (Å²) in [6, 6.07) is 11.5. The molecule has 0 bridgehead atoms. The van der Waals surface area contributed by atoms with Crippen LogP contribution in [0.3, 0.4) is 0 Å². The Bertz CT molecular complexity index is 695. The number of methoxy groups -OCH3 is 1. The summed E-state index contributed by atoms with van der Waals surface area (Å²) in [4.78, 5) is 19.5. The Hall–Kier alpha value is -2.60. The summed E-state index contributed by atoms with van der Waals surface area (Å²) in [5.74, 6) is -0.0913. The highest BCUT2D eigenvalue weighted by Gasteiger charge is 2.19. The molecule has 0 atom stereocenters. The zero-order chi connectivity index (χ0) is 16.9. The lowest BCUT2D eigenvalue weighted by Gasteiger charge is -2.36. The van der Waals surface area contributed by atoms with Gasteiger partial charge in [0.25, 0.3) is 0 Å². The fraction of sp³-hybridized carbons (Fsp3) is 0.333. The molecule has 0 aliphatic carbocycles. The number of carbonyl (C=O) groups is 1. The maximum atomic E-state index is 10.8. The minimum Gasteiger partial charge on any atom is -0.495 e. The van der Waals surface area contributed by atoms with Crippen LogP contribution in [0, 0.1) is 0 Å². The van der Waals surface area contributed by atoms with E-state index in [-0.39, 0.29) is 5.69 Å². The Labute approximate surface area is 141 Å². The molecule has 24 heavy (non-hydrogen) atoms. The number of para-hydroxylation sites is 2. The molecule has 1 N–H and O–H groups in total. The van der Waals surface area contributed by atoms with E-state index in [9.17, 15) is 4.79 Å². The van der Waals surface area contributed by atoms with Crippen molar-refractivity contribution in [3.63, 3.8) is 0 Å². The molecular formula is C18H21N3O3. The first-order valence-corrected chi connectivity index (χ1v) is 7.96. The molecule has 3 rings (SSSR count). The van der Waals surface area contributed by atoms with Gasteiger partial charge in [-0.3, -0.25) is 4.90 Å². The van der Waals surface area contributed by atoms with Gasteiger partial charge in [0.05, 0.1) is 12.8 Å². The Balaban J connectivity index is 1.58. The lowest BCUT2D eigenvalue weighted by molar-refractivity contribution is 0.0690. The largest absolute Gasteiger partial charge is 0.495 e. The van der Waals surface area contributed by atoms with Crippen molar-refractivity contribution in [2.24, 2.45) is 0 Å². The predicted octanol–water partition coefficient (Wildman–Crippen LogP) is 2.11. The van der Waals surface area contributed by atoms with Crippen LogP contribution in [-0.2, 0) is 6.54 Å². The smallest absolute Gasteiger partial charge is 0.354 e. The number of carboxylic acids is 1. The average Bonchev–Trinajstić information content (AvgIpc) is 2.63. The fourth-order valence-electron chi connectivity index (χ4n) is 2.94. The van der Waals surface area contributed by atoms with Crippen molar-refractivity contribution < 1.29 is 14.6 Å². The van der Waals surface area contributed by atoms with Gasteiger partial charge >= 0.3 is 5.97 Å². The van der Waals surface area contributed by atoms with E-state index in [1.54, 1.807) is 19.4 Å². The van der Waals surface area contributed by atoms with Gasteiger partial charge in [-0.25, -0.2) is 9.78 Å². The molecule has 0 saturated carbocycles. The van der Waals surface area contributed by atoms with Crippen LogP contribution >= 0.6 is 0 Å². The predicted molar refractivity (Wildman–Crippen MR) is 91.7 cm³/mol. The molecule has 6 heteroatoms. The molecule has 0 amide bonds. The van der Waals surface area contributed by atoms with Crippen molar-refractivity contribution >= 4 is 11.7 Å². The lowest BCUT2D eigenvalue weighted by Crippen LogP contribution is -2.46. The third-order valence-electron chi connectivity index (χ3n) is 4.25. The first-order valence-electron chi connectivity index (χ1n) is 7.96. The third-order valence-corrected chi connectivity index (χ3v) is 4.25. The number of ether oxygens (including phenoxy) is 1. The van der Waals surface area contributed by atoms with Gasteiger partial charge in [-0.05, 0) is 23.8 Å². The van der Waals surface area contributed by atoms with E-state index in [1.807, 2.05) is 24.3 Å². The topological polar surface area (TPSA) is 65.9 Å². The van der Waals surface area contributed by atoms with Crippen molar-refractivity contribution in [2.45, 2.75) is 6.54 Å². The summed E-state index contributed by atoms with van der Waals surface area (Å²) in [5, 5.41) is 8.89. The number of hydrogen-bond donors (Lipinski definition) is 1. The highest BCUT2D eigenvalue weighted by atomic mass is 16.5. The molecule has 1 saturated heterocycles. The van der Waals surface area contributed by atoms with Gasteiger partial charge in [-0.15, -0.1) is 0 Å². The number of piperazine rings is 1. The van der Waals surface area contributed by atoms with E-state index in [4.69, 9.17) is 9.84 Å². The normalized spacial score (nSPS) is 15.3. The molecule has 1 aromatic heterocycles. The summed E-state index contributed by atoms with van der Waals surface area (Å²) in [7, 11) is 1.70. The number of aromatic carboxylic acids is 1. The number of pyridine rings is 1. The van der Waals surface area contributed by atoms with Crippen molar-refractivity contribution in [3.05, 3.63) is 53.9 Å². The molecular weight excluding hydrogens is 306 g/mol. The van der Waals surface area contributed by atoms with Gasteiger partial charge in [0.15, 0.2) is 0 Å². The van der Waals surface area contributed by atoms with Crippen LogP contribution in [0.25, 0.3) is 0 Å². The lowest BCUT2D eigenvalue weighted by atomic mass is 10.2. The Kier molecular flexibility index (Phi) is 4.96. The molecule has 1 fully saturated rings. The second-order valence-corrected chi connectivity index (χ2v) is 5.79. The van der Waals surface area contributed by atoms with Crippen molar-refractivity contribution in [2.75, 3.05) is 38.2 Å². The zero-order valence-electron chi connectivity index (χ0n) is 13.7. The molecule has 6 nitrogen and oxygen atoms in total. The van der Waals surface area contributed by atoms with Gasteiger partial charge in [0, 0.05) is 38.9 Å². The maximum Gasteiger partial charge on any atom is 0.354 e. The van der Waals surface area contributed by atoms with Crippen LogP contribution in [0.15, 0.2) is 42.6 Å². The fourth-order valence-corrected chi connectivity index (χ4v) is 2.94. The van der Waals surface area contributed by atoms with Crippen LogP contribution < -0.4 is 9.64 Å². The van der Waals surface area contributed by atoms with E-state index >= 15 is 0 Å². The van der Waals surface area contributed by atoms with Crippen molar-refractivity contribution in [1.82, 2.24) is 9.88 Å². The van der Waals surface area contributed by atoms with Gasteiger partial charge in [-0.2, -0.15) is 0 Å². The SMILES string of the molecule is COc1ccccc1N1CCN(Cc2ccc(C(=O)O)nc2)CC1. The number of rotatable bonds is 5. The number of benzene rings is 1. The standard InChI is InChI=1S/C18H21N3O3/c1-24-17-5-3-2-4-16(17)21-10-8-20(9-11-21)13-14-6-7-15(18(22)23)19-12-14/h2-7,12H,8-11,13H2,1H3,(H,22,23). The van der Waals surface area contributed by atoms with Crippen LogP contribution in [0.4, 0.5) is 5.69 Å². The van der Waals surface area contributed by atoms with Gasteiger partial charge in [-0.1, -0.05) is 18.2 Å². The summed E-state index contributed by atoms with van der Waals surface area (Å²) in [5.41, 5.74) is 2.25. The van der Waals surface area contributed by atoms with Crippen LogP contribution in [0.1, 0.15) is 16.1 Å². The summed E-state index contributed by atoms with van der Waals surface area (Å²) < 4.78 is 5.44. The van der Waals surface area contributed by atoms with E-state index < -0.39 is 5.97 Å². The Morgan fingerprint density at radius 2 is 1.92 bits per heavy atom. The maximum absolute atomic E-state index is 10.8. The third kappa shape index (κ3) is 3.65. The highest BCUT2D eigenvalue weighted by Crippen LogP contribution is 2.28. The van der Waals surface area contributed by atoms with Gasteiger partial charge in [0.1, 0.15) is 11.4 Å². The van der Waals surface area contributed by atoms with Gasteiger partial charge < -0.3 is 14.7 Å². The average molecular weight is 327 g/mol. The number of nitrogens with zero attached hydrogens (tertiary/aromatic N) is 3. The second-order valence-electron chi connectivity index (χ2n) is 5.79. The van der Waals surface area contributed by atoms with Crippen molar-refractivity contribution in [3.8, 4) is 5.75 Å². The van der Waals surface area contributed by atoms with Crippen LogP contribution in [0.5, 0.6) is 5.75 Å². The number of anilines is 1. The molecule has 1 aliphatic heterocycles. The quantitative estimate of drug-likeness (QED) is 0.907. The van der Waals surface area contributed by atoms with E-state index in [0.29, 0.717) is 0 Å². The summed E-state index contributed by atoms with van der Waals surface area (Å²) in [6.45, 7) is 4.53. The summed E-state index contributed by atoms with van der Waals surface area (Å²) >= 11 is 0. The minimum absolute atomic E-state index is 0.0831. The molecule has 0 unspecified atom stereocenters. The molecule has 2 heterocycles. The number of hydrogen-bond acceptors (Lipinski definition) is 5. The molecule has 2 aromatic rings. The molecule has 1 aliphatic rings. The Morgan fingerprint density at radius 3 is 2.54 bits per heavy atom.